The molecule has 0 radical (unpaired) electrons. The maximum absolute atomic E-state index is 9.54. The number of nitrogens with zero attached hydrogens (tertiary/aromatic N) is 2. The zero-order valence-corrected chi connectivity index (χ0v) is 12.4. The first-order chi connectivity index (χ1) is 10.1. The van der Waals surface area contributed by atoms with Crippen molar-refractivity contribution in [1.82, 2.24) is 10.1 Å². The van der Waals surface area contributed by atoms with E-state index >= 15 is 0 Å². The van der Waals surface area contributed by atoms with Gasteiger partial charge in [-0.3, -0.25) is 0 Å². The summed E-state index contributed by atoms with van der Waals surface area (Å²) in [5, 5.41) is 13.4. The van der Waals surface area contributed by atoms with Crippen molar-refractivity contribution in [2.24, 2.45) is 0 Å². The number of benzene rings is 1. The van der Waals surface area contributed by atoms with Crippen LogP contribution in [-0.2, 0) is 11.3 Å². The monoisotopic (exact) mass is 292 g/mol. The van der Waals surface area contributed by atoms with Crippen LogP contribution in [0.3, 0.4) is 0 Å². The SMILES string of the molecule is CCOC(C)c1noc(COc2cccc(C(C)O)c2)n1. The smallest absolute Gasteiger partial charge is 0.264 e. The first-order valence-electron chi connectivity index (χ1n) is 6.95. The average Bonchev–Trinajstić information content (AvgIpc) is 2.95. The normalized spacial score (nSPS) is 13.9. The third-order valence-electron chi connectivity index (χ3n) is 2.97. The van der Waals surface area contributed by atoms with Crippen LogP contribution < -0.4 is 4.74 Å². The van der Waals surface area contributed by atoms with Crippen LogP contribution in [0.4, 0.5) is 0 Å². The minimum absolute atomic E-state index is 0.176. The van der Waals surface area contributed by atoms with Gasteiger partial charge < -0.3 is 19.1 Å². The van der Waals surface area contributed by atoms with Crippen LogP contribution in [0.5, 0.6) is 5.75 Å². The molecule has 1 aromatic carbocycles. The van der Waals surface area contributed by atoms with Gasteiger partial charge in [-0.2, -0.15) is 4.98 Å². The first kappa shape index (κ1) is 15.5. The molecular formula is C15H20N2O4. The maximum Gasteiger partial charge on any atom is 0.264 e. The van der Waals surface area contributed by atoms with Crippen molar-refractivity contribution < 1.29 is 19.1 Å². The topological polar surface area (TPSA) is 77.6 Å². The second-order valence-electron chi connectivity index (χ2n) is 4.68. The fraction of sp³-hybridized carbons (Fsp3) is 0.467. The molecule has 21 heavy (non-hydrogen) atoms. The third-order valence-corrected chi connectivity index (χ3v) is 2.97. The van der Waals surface area contributed by atoms with E-state index in [1.165, 1.54) is 0 Å². The predicted octanol–water partition coefficient (Wildman–Crippen LogP) is 2.80. The molecule has 2 atom stereocenters. The largest absolute Gasteiger partial charge is 0.484 e. The molecule has 0 spiro atoms. The molecule has 0 saturated heterocycles. The van der Waals surface area contributed by atoms with Crippen molar-refractivity contribution in [3.8, 4) is 5.75 Å². The van der Waals surface area contributed by atoms with Crippen LogP contribution in [-0.4, -0.2) is 21.9 Å². The molecule has 2 rings (SSSR count). The molecule has 0 aliphatic rings. The number of ether oxygens (including phenoxy) is 2. The lowest BCUT2D eigenvalue weighted by molar-refractivity contribution is 0.0683. The van der Waals surface area contributed by atoms with Crippen LogP contribution >= 0.6 is 0 Å². The van der Waals surface area contributed by atoms with E-state index in [1.54, 1.807) is 13.0 Å². The lowest BCUT2D eigenvalue weighted by atomic mass is 10.1. The van der Waals surface area contributed by atoms with E-state index in [2.05, 4.69) is 10.1 Å². The summed E-state index contributed by atoms with van der Waals surface area (Å²) in [7, 11) is 0. The van der Waals surface area contributed by atoms with Gasteiger partial charge in [-0.15, -0.1) is 0 Å². The van der Waals surface area contributed by atoms with Crippen molar-refractivity contribution >= 4 is 0 Å². The van der Waals surface area contributed by atoms with Gasteiger partial charge in [0.25, 0.3) is 5.89 Å². The summed E-state index contributed by atoms with van der Waals surface area (Å²) in [6.07, 6.45) is -0.735. The Kier molecular flexibility index (Phi) is 5.30. The van der Waals surface area contributed by atoms with Gasteiger partial charge in [0.05, 0.1) is 6.10 Å². The molecule has 0 bridgehead atoms. The molecule has 0 aliphatic heterocycles. The summed E-state index contributed by atoms with van der Waals surface area (Å²) in [6.45, 7) is 6.25. The molecule has 0 aliphatic carbocycles. The highest BCUT2D eigenvalue weighted by Gasteiger charge is 2.14. The summed E-state index contributed by atoms with van der Waals surface area (Å²) in [6, 6.07) is 7.26. The van der Waals surface area contributed by atoms with E-state index in [0.29, 0.717) is 24.1 Å². The van der Waals surface area contributed by atoms with Crippen molar-refractivity contribution in [3.05, 3.63) is 41.5 Å². The van der Waals surface area contributed by atoms with Crippen LogP contribution in [0.2, 0.25) is 0 Å². The highest BCUT2D eigenvalue weighted by Crippen LogP contribution is 2.20. The second-order valence-corrected chi connectivity index (χ2v) is 4.68. The minimum atomic E-state index is -0.532. The standard InChI is InChI=1S/C15H20N2O4/c1-4-19-11(3)15-16-14(21-17-15)9-20-13-7-5-6-12(8-13)10(2)18/h5-8,10-11,18H,4,9H2,1-3H3. The van der Waals surface area contributed by atoms with Gasteiger partial charge in [0.2, 0.25) is 0 Å². The van der Waals surface area contributed by atoms with Crippen molar-refractivity contribution in [1.29, 1.82) is 0 Å². The van der Waals surface area contributed by atoms with E-state index in [9.17, 15) is 5.11 Å². The Hall–Kier alpha value is -1.92. The third kappa shape index (κ3) is 4.27. The Morgan fingerprint density at radius 1 is 1.33 bits per heavy atom. The summed E-state index contributed by atoms with van der Waals surface area (Å²) in [5.41, 5.74) is 0.795. The highest BCUT2D eigenvalue weighted by molar-refractivity contribution is 5.29. The summed E-state index contributed by atoms with van der Waals surface area (Å²) in [4.78, 5) is 4.22. The lowest BCUT2D eigenvalue weighted by Gasteiger charge is -2.08. The molecular weight excluding hydrogens is 272 g/mol. The molecule has 1 N–H and O–H groups in total. The molecule has 1 heterocycles. The van der Waals surface area contributed by atoms with Crippen molar-refractivity contribution in [2.45, 2.75) is 39.6 Å². The van der Waals surface area contributed by atoms with Crippen molar-refractivity contribution in [3.63, 3.8) is 0 Å². The first-order valence-corrected chi connectivity index (χ1v) is 6.95. The molecule has 1 aromatic heterocycles. The summed E-state index contributed by atoms with van der Waals surface area (Å²) < 4.78 is 16.1. The fourth-order valence-electron chi connectivity index (χ4n) is 1.83. The number of aromatic nitrogens is 2. The minimum Gasteiger partial charge on any atom is -0.484 e. The van der Waals surface area contributed by atoms with Crippen LogP contribution in [0, 0.1) is 0 Å². The Labute approximate surface area is 123 Å². The molecule has 114 valence electrons. The number of aliphatic hydroxyl groups excluding tert-OH is 1. The molecule has 2 unspecified atom stereocenters. The second kappa shape index (κ2) is 7.19. The quantitative estimate of drug-likeness (QED) is 0.845. The Balaban J connectivity index is 1.95. The van der Waals surface area contributed by atoms with E-state index < -0.39 is 6.10 Å². The van der Waals surface area contributed by atoms with Gasteiger partial charge in [0.15, 0.2) is 12.4 Å². The molecule has 6 nitrogen and oxygen atoms in total. The molecule has 2 aromatic rings. The van der Waals surface area contributed by atoms with Gasteiger partial charge in [-0.05, 0) is 38.5 Å². The summed E-state index contributed by atoms with van der Waals surface area (Å²) >= 11 is 0. The van der Waals surface area contributed by atoms with Gasteiger partial charge in [-0.25, -0.2) is 0 Å². The zero-order chi connectivity index (χ0) is 15.2. The lowest BCUT2D eigenvalue weighted by Crippen LogP contribution is -2.02. The maximum atomic E-state index is 9.54. The fourth-order valence-corrected chi connectivity index (χ4v) is 1.83. The summed E-state index contributed by atoms with van der Waals surface area (Å²) in [5.74, 6) is 1.54. The number of hydrogen-bond donors (Lipinski definition) is 1. The van der Waals surface area contributed by atoms with Gasteiger partial charge in [0.1, 0.15) is 11.9 Å². The Morgan fingerprint density at radius 2 is 2.14 bits per heavy atom. The zero-order valence-electron chi connectivity index (χ0n) is 12.4. The predicted molar refractivity (Wildman–Crippen MR) is 75.7 cm³/mol. The number of rotatable bonds is 7. The van der Waals surface area contributed by atoms with Crippen LogP contribution in [0.15, 0.2) is 28.8 Å². The van der Waals surface area contributed by atoms with Gasteiger partial charge >= 0.3 is 0 Å². The molecule has 0 saturated carbocycles. The Morgan fingerprint density at radius 3 is 2.86 bits per heavy atom. The molecule has 0 fully saturated rings. The van der Waals surface area contributed by atoms with E-state index in [-0.39, 0.29) is 12.7 Å². The molecule has 6 heteroatoms. The number of aliphatic hydroxyl groups is 1. The average molecular weight is 292 g/mol. The van der Waals surface area contributed by atoms with Crippen LogP contribution in [0.25, 0.3) is 0 Å². The van der Waals surface area contributed by atoms with Gasteiger partial charge in [0, 0.05) is 6.61 Å². The van der Waals surface area contributed by atoms with E-state index in [0.717, 1.165) is 5.56 Å². The van der Waals surface area contributed by atoms with E-state index in [1.807, 2.05) is 32.0 Å². The Bertz CT molecular complexity index is 568. The van der Waals surface area contributed by atoms with Crippen molar-refractivity contribution in [2.75, 3.05) is 6.61 Å². The van der Waals surface area contributed by atoms with E-state index in [4.69, 9.17) is 14.0 Å². The van der Waals surface area contributed by atoms with Gasteiger partial charge in [-0.1, -0.05) is 17.3 Å². The van der Waals surface area contributed by atoms with Crippen LogP contribution in [0.1, 0.15) is 50.3 Å². The number of hydrogen-bond acceptors (Lipinski definition) is 6. The molecule has 0 amide bonds. The highest BCUT2D eigenvalue weighted by atomic mass is 16.5.